The number of fused-ring (bicyclic) bond motifs is 7. The lowest BCUT2D eigenvalue weighted by molar-refractivity contribution is -0.116. The number of allylic oxidation sites excluding steroid dienone is 1. The number of rotatable bonds is 2. The number of nitrogens with zero attached hydrogens (tertiary/aromatic N) is 1. The van der Waals surface area contributed by atoms with Gasteiger partial charge in [-0.3, -0.25) is 4.79 Å². The van der Waals surface area contributed by atoms with Crippen LogP contribution in [-0.4, -0.2) is 19.0 Å². The lowest BCUT2D eigenvalue weighted by Crippen LogP contribution is -2.54. The second kappa shape index (κ2) is 5.55. The molecule has 0 aliphatic heterocycles. The van der Waals surface area contributed by atoms with Crippen LogP contribution in [0.25, 0.3) is 0 Å². The maximum atomic E-state index is 12.0. The van der Waals surface area contributed by atoms with Crippen molar-refractivity contribution < 1.29 is 4.79 Å². The van der Waals surface area contributed by atoms with E-state index >= 15 is 0 Å². The minimum Gasteiger partial charge on any atom is -0.300 e. The topological polar surface area (TPSA) is 29.4 Å². The number of carbonyl (C=O) groups is 1. The fourth-order valence-electron chi connectivity index (χ4n) is 9.00. The van der Waals surface area contributed by atoms with E-state index in [1.54, 1.807) is 0 Å². The van der Waals surface area contributed by atoms with E-state index in [0.717, 1.165) is 48.3 Å². The highest BCUT2D eigenvalue weighted by Crippen LogP contribution is 2.79. The molecule has 0 heterocycles. The van der Waals surface area contributed by atoms with Crippen molar-refractivity contribution in [2.24, 2.45) is 57.2 Å². The molecule has 0 aromatic rings. The Labute approximate surface area is 158 Å². The molecule has 5 rings (SSSR count). The average molecular weight is 354 g/mol. The van der Waals surface area contributed by atoms with Crippen LogP contribution in [0.5, 0.6) is 0 Å². The summed E-state index contributed by atoms with van der Waals surface area (Å²) in [5, 5.41) is 0. The van der Waals surface area contributed by atoms with Gasteiger partial charge in [0.05, 0.1) is 0 Å². The Kier molecular flexibility index (Phi) is 3.67. The zero-order valence-electron chi connectivity index (χ0n) is 17.0. The molecule has 9 atom stereocenters. The first-order valence-corrected chi connectivity index (χ1v) is 11.1. The summed E-state index contributed by atoms with van der Waals surface area (Å²) in [5.74, 6) is 6.28. The summed E-state index contributed by atoms with van der Waals surface area (Å²) in [5.41, 5.74) is 2.30. The quantitative estimate of drug-likeness (QED) is 0.617. The Bertz CT molecular complexity index is 692. The summed E-state index contributed by atoms with van der Waals surface area (Å²) in [7, 11) is 1.98. The zero-order valence-corrected chi connectivity index (χ0v) is 17.0. The van der Waals surface area contributed by atoms with Crippen LogP contribution in [-0.2, 0) is 4.79 Å². The smallest absolute Gasteiger partial charge is 0.155 e. The molecule has 5 aliphatic carbocycles. The summed E-state index contributed by atoms with van der Waals surface area (Å²) < 4.78 is 0. The molecule has 0 saturated heterocycles. The van der Waals surface area contributed by atoms with Crippen LogP contribution >= 0.6 is 0 Å². The highest BCUT2D eigenvalue weighted by molar-refractivity contribution is 5.91. The largest absolute Gasteiger partial charge is 0.300 e. The predicted molar refractivity (Wildman–Crippen MR) is 106 cm³/mol. The van der Waals surface area contributed by atoms with Crippen molar-refractivity contribution in [2.45, 2.75) is 65.7 Å². The van der Waals surface area contributed by atoms with Crippen LogP contribution in [0.3, 0.4) is 0 Å². The Morgan fingerprint density at radius 1 is 1.31 bits per heavy atom. The molecule has 0 aromatic heterocycles. The molecule has 2 nitrogen and oxygen atoms in total. The Balaban J connectivity index is 1.55. The van der Waals surface area contributed by atoms with E-state index in [1.165, 1.54) is 37.7 Å². The molecule has 0 N–H and O–H groups in total. The van der Waals surface area contributed by atoms with Crippen molar-refractivity contribution in [1.29, 1.82) is 0 Å². The van der Waals surface area contributed by atoms with Crippen LogP contribution in [0.15, 0.2) is 16.6 Å². The van der Waals surface area contributed by atoms with E-state index in [0.29, 0.717) is 22.5 Å². The van der Waals surface area contributed by atoms with E-state index in [4.69, 9.17) is 0 Å². The number of ketones is 1. The summed E-state index contributed by atoms with van der Waals surface area (Å²) in [6.45, 7) is 7.54. The van der Waals surface area contributed by atoms with E-state index in [-0.39, 0.29) is 0 Å². The van der Waals surface area contributed by atoms with Crippen molar-refractivity contribution in [2.75, 3.05) is 7.05 Å². The van der Waals surface area contributed by atoms with E-state index < -0.39 is 0 Å². The number of aliphatic imine (C=N–C) groups is 1. The van der Waals surface area contributed by atoms with Crippen LogP contribution in [0.1, 0.15) is 65.7 Å². The maximum absolute atomic E-state index is 12.0. The van der Waals surface area contributed by atoms with Gasteiger partial charge in [0.15, 0.2) is 5.78 Å². The Morgan fingerprint density at radius 2 is 2.12 bits per heavy atom. The summed E-state index contributed by atoms with van der Waals surface area (Å²) in [6, 6.07) is 0. The molecule has 142 valence electrons. The predicted octanol–water partition coefficient (Wildman–Crippen LogP) is 5.33. The summed E-state index contributed by atoms with van der Waals surface area (Å²) >= 11 is 0. The average Bonchev–Trinajstić information content (AvgIpc) is 3.36. The van der Waals surface area contributed by atoms with Gasteiger partial charge in [-0.2, -0.15) is 0 Å². The zero-order chi connectivity index (χ0) is 18.3. The van der Waals surface area contributed by atoms with Gasteiger partial charge in [-0.1, -0.05) is 26.3 Å². The van der Waals surface area contributed by atoms with Crippen molar-refractivity contribution in [3.8, 4) is 0 Å². The van der Waals surface area contributed by atoms with Crippen molar-refractivity contribution in [1.82, 2.24) is 0 Å². The highest BCUT2D eigenvalue weighted by atomic mass is 16.1. The normalized spacial score (nSPS) is 55.0. The maximum Gasteiger partial charge on any atom is 0.155 e. The SMILES string of the molecule is CCC1(C=NC)C2CC2C2C3C(C)CC4=CC(=O)CCC4C3CCC21C. The number of hydrogen-bond acceptors (Lipinski definition) is 2. The minimum atomic E-state index is 0.348. The molecule has 0 spiro atoms. The number of hydrogen-bond donors (Lipinski definition) is 0. The van der Waals surface area contributed by atoms with Gasteiger partial charge >= 0.3 is 0 Å². The molecule has 0 aromatic carbocycles. The Morgan fingerprint density at radius 3 is 2.85 bits per heavy atom. The molecule has 0 amide bonds. The standard InChI is InChI=1S/C24H35NO/c1-5-24(13-25-4)20-12-19(20)22-21-14(2)10-15-11-16(26)6-7-17(15)18(21)8-9-23(22,24)3/h11,13-14,17-22H,5-10,12H2,1-4H3. The molecule has 2 heteroatoms. The monoisotopic (exact) mass is 353 g/mol. The molecule has 5 aliphatic rings. The van der Waals surface area contributed by atoms with E-state index in [2.05, 4.69) is 32.0 Å². The van der Waals surface area contributed by atoms with Gasteiger partial charge in [0, 0.05) is 25.1 Å². The van der Waals surface area contributed by atoms with Crippen LogP contribution in [0.4, 0.5) is 0 Å². The van der Waals surface area contributed by atoms with Crippen molar-refractivity contribution in [3.05, 3.63) is 11.6 Å². The number of carbonyl (C=O) groups excluding carboxylic acids is 1. The molecule has 26 heavy (non-hydrogen) atoms. The first kappa shape index (κ1) is 17.2. The molecule has 0 radical (unpaired) electrons. The van der Waals surface area contributed by atoms with Gasteiger partial charge in [0.1, 0.15) is 0 Å². The third-order valence-electron chi connectivity index (χ3n) is 9.87. The Hall–Kier alpha value is -0.920. The van der Waals surface area contributed by atoms with Crippen LogP contribution in [0.2, 0.25) is 0 Å². The summed E-state index contributed by atoms with van der Waals surface area (Å²) in [4.78, 5) is 16.6. The lowest BCUT2D eigenvalue weighted by atomic mass is 9.45. The molecule has 0 bridgehead atoms. The molecule has 4 saturated carbocycles. The fourth-order valence-corrected chi connectivity index (χ4v) is 9.00. The van der Waals surface area contributed by atoms with Gasteiger partial charge in [0.25, 0.3) is 0 Å². The fraction of sp³-hybridized carbons (Fsp3) is 0.833. The second-order valence-electron chi connectivity index (χ2n) is 10.5. The lowest BCUT2D eigenvalue weighted by Gasteiger charge is -2.59. The van der Waals surface area contributed by atoms with Gasteiger partial charge in [0.2, 0.25) is 0 Å². The van der Waals surface area contributed by atoms with E-state index in [9.17, 15) is 4.79 Å². The molecular weight excluding hydrogens is 318 g/mol. The minimum absolute atomic E-state index is 0.348. The van der Waals surface area contributed by atoms with Crippen LogP contribution in [0, 0.1) is 52.3 Å². The second-order valence-corrected chi connectivity index (χ2v) is 10.5. The van der Waals surface area contributed by atoms with Crippen molar-refractivity contribution in [3.63, 3.8) is 0 Å². The highest BCUT2D eigenvalue weighted by Gasteiger charge is 2.75. The van der Waals surface area contributed by atoms with Crippen LogP contribution < -0.4 is 0 Å². The first-order chi connectivity index (χ1) is 12.5. The van der Waals surface area contributed by atoms with Gasteiger partial charge in [-0.05, 0) is 91.4 Å². The molecular formula is C24H35NO. The van der Waals surface area contributed by atoms with Gasteiger partial charge in [-0.15, -0.1) is 0 Å². The third kappa shape index (κ3) is 1.94. The van der Waals surface area contributed by atoms with Gasteiger partial charge in [-0.25, -0.2) is 0 Å². The first-order valence-electron chi connectivity index (χ1n) is 11.1. The summed E-state index contributed by atoms with van der Waals surface area (Å²) in [6.07, 6.45) is 13.0. The molecule has 4 fully saturated rings. The third-order valence-corrected chi connectivity index (χ3v) is 9.87. The van der Waals surface area contributed by atoms with Gasteiger partial charge < -0.3 is 4.99 Å². The van der Waals surface area contributed by atoms with Crippen molar-refractivity contribution >= 4 is 12.0 Å². The van der Waals surface area contributed by atoms with E-state index in [1.807, 2.05) is 13.1 Å². The molecule has 9 unspecified atom stereocenters.